The van der Waals surface area contributed by atoms with Crippen molar-refractivity contribution >= 4 is 34.3 Å². The van der Waals surface area contributed by atoms with Crippen molar-refractivity contribution in [3.05, 3.63) is 70.3 Å². The molecule has 10 nitrogen and oxygen atoms in total. The molecule has 2 amide bonds. The van der Waals surface area contributed by atoms with Crippen LogP contribution in [-0.4, -0.2) is 58.1 Å². The van der Waals surface area contributed by atoms with Crippen molar-refractivity contribution in [2.45, 2.75) is 44.0 Å². The third-order valence-electron chi connectivity index (χ3n) is 7.28. The molecule has 45 heavy (non-hydrogen) atoms. The molecule has 5 rings (SSSR count). The largest absolute Gasteiger partial charge is 0.494 e. The maximum atomic E-state index is 15.0. The van der Waals surface area contributed by atoms with E-state index in [0.29, 0.717) is 10.9 Å². The number of pyridine rings is 1. The standard InChI is InChI=1S/C30H28ClF4N5O5/c1-3-45-27-15(11-24(36)41)10-23(38-26(27)20-12-18(31)4-7-21(20)32)29(43,30(33,34)35)14-37-28(42)16-8-17-13-40(19-5-6-19)39-25(17)22(9-16)44-2/h4,7-10,12-13,19,43H,3,5-6,11,14H2,1-2H3,(H2,36,41)(H,37,42)/t29-/m0/s1. The van der Waals surface area contributed by atoms with E-state index in [0.717, 1.165) is 31.0 Å². The third kappa shape index (κ3) is 6.38. The molecular formula is C30H28ClF4N5O5. The lowest BCUT2D eigenvalue weighted by Crippen LogP contribution is -2.51. The lowest BCUT2D eigenvalue weighted by Gasteiger charge is -2.31. The Kier molecular flexibility index (Phi) is 8.64. The van der Waals surface area contributed by atoms with E-state index in [9.17, 15) is 32.3 Å². The molecule has 2 aromatic heterocycles. The molecule has 15 heteroatoms. The number of nitrogens with zero attached hydrogens (tertiary/aromatic N) is 3. The highest BCUT2D eigenvalue weighted by Gasteiger charge is 2.57. The van der Waals surface area contributed by atoms with Gasteiger partial charge in [-0.3, -0.25) is 14.3 Å². The van der Waals surface area contributed by atoms with E-state index in [2.05, 4.69) is 15.4 Å². The first kappa shape index (κ1) is 32.0. The Bertz CT molecular complexity index is 1790. The number of hydrogen-bond donors (Lipinski definition) is 3. The number of hydrogen-bond acceptors (Lipinski definition) is 7. The van der Waals surface area contributed by atoms with Gasteiger partial charge in [0.25, 0.3) is 5.91 Å². The van der Waals surface area contributed by atoms with E-state index in [-0.39, 0.29) is 45.9 Å². The van der Waals surface area contributed by atoms with Crippen molar-refractivity contribution in [3.8, 4) is 22.8 Å². The molecular weight excluding hydrogens is 622 g/mol. The maximum Gasteiger partial charge on any atom is 0.424 e. The molecule has 1 aliphatic carbocycles. The van der Waals surface area contributed by atoms with Crippen LogP contribution in [-0.2, 0) is 16.8 Å². The molecule has 2 aromatic carbocycles. The summed E-state index contributed by atoms with van der Waals surface area (Å²) in [5, 5.41) is 18.4. The van der Waals surface area contributed by atoms with Crippen LogP contribution in [0.3, 0.4) is 0 Å². The number of nitrogens with one attached hydrogen (secondary N) is 1. The Labute approximate surface area is 259 Å². The summed E-state index contributed by atoms with van der Waals surface area (Å²) in [6.45, 7) is 0.130. The minimum atomic E-state index is -5.42. The van der Waals surface area contributed by atoms with Crippen molar-refractivity contribution < 1.29 is 41.7 Å². The first-order valence-electron chi connectivity index (χ1n) is 13.8. The molecule has 0 unspecified atom stereocenters. The normalized spacial score (nSPS) is 14.7. The van der Waals surface area contributed by atoms with Gasteiger partial charge in [0.15, 0.2) is 0 Å². The van der Waals surface area contributed by atoms with E-state index in [1.54, 1.807) is 17.8 Å². The summed E-state index contributed by atoms with van der Waals surface area (Å²) in [6.07, 6.45) is -2.42. The Hall–Kier alpha value is -4.43. The van der Waals surface area contributed by atoms with Crippen molar-refractivity contribution in [2.24, 2.45) is 5.73 Å². The van der Waals surface area contributed by atoms with Gasteiger partial charge in [-0.25, -0.2) is 9.37 Å². The smallest absolute Gasteiger partial charge is 0.424 e. The van der Waals surface area contributed by atoms with Gasteiger partial charge in [0.05, 0.1) is 38.4 Å². The SMILES string of the molecule is CCOc1c(CC(N)=O)cc([C@@](O)(CNC(=O)c2cc(OC)c3nn(C4CC4)cc3c2)C(F)(F)F)nc1-c1cc(Cl)ccc1F. The van der Waals surface area contributed by atoms with E-state index in [1.807, 2.05) is 0 Å². The van der Waals surface area contributed by atoms with Crippen LogP contribution in [0.4, 0.5) is 17.6 Å². The number of aliphatic hydroxyl groups is 1. The lowest BCUT2D eigenvalue weighted by molar-refractivity contribution is -0.265. The zero-order valence-electron chi connectivity index (χ0n) is 24.0. The maximum absolute atomic E-state index is 15.0. The second kappa shape index (κ2) is 12.2. The highest BCUT2D eigenvalue weighted by Crippen LogP contribution is 2.43. The number of ether oxygens (including phenoxy) is 2. The van der Waals surface area contributed by atoms with Crippen LogP contribution in [0.15, 0.2) is 42.6 Å². The number of carbonyl (C=O) groups is 2. The molecule has 0 spiro atoms. The van der Waals surface area contributed by atoms with Gasteiger partial charge in [-0.15, -0.1) is 0 Å². The fraction of sp³-hybridized carbons (Fsp3) is 0.333. The van der Waals surface area contributed by atoms with E-state index in [1.165, 1.54) is 25.3 Å². The lowest BCUT2D eigenvalue weighted by atomic mass is 9.93. The number of fused-ring (bicyclic) bond motifs is 1. The van der Waals surface area contributed by atoms with Crippen molar-refractivity contribution in [3.63, 3.8) is 0 Å². The molecule has 1 saturated carbocycles. The monoisotopic (exact) mass is 649 g/mol. The van der Waals surface area contributed by atoms with Crippen LogP contribution in [0.5, 0.6) is 11.5 Å². The van der Waals surface area contributed by atoms with Crippen LogP contribution in [0.25, 0.3) is 22.2 Å². The van der Waals surface area contributed by atoms with Crippen molar-refractivity contribution in [1.29, 1.82) is 0 Å². The zero-order chi connectivity index (χ0) is 32.7. The Morgan fingerprint density at radius 3 is 2.56 bits per heavy atom. The second-order valence-electron chi connectivity index (χ2n) is 10.5. The number of nitrogens with two attached hydrogens (primary N) is 1. The fourth-order valence-corrected chi connectivity index (χ4v) is 5.04. The Morgan fingerprint density at radius 2 is 1.93 bits per heavy atom. The average Bonchev–Trinajstić information content (AvgIpc) is 3.74. The predicted octanol–water partition coefficient (Wildman–Crippen LogP) is 4.84. The number of benzene rings is 2. The topological polar surface area (TPSA) is 142 Å². The van der Waals surface area contributed by atoms with Crippen LogP contribution in [0, 0.1) is 5.82 Å². The molecule has 1 fully saturated rings. The quantitative estimate of drug-likeness (QED) is 0.198. The number of methoxy groups -OCH3 is 1. The molecule has 0 saturated heterocycles. The molecule has 4 aromatic rings. The van der Waals surface area contributed by atoms with Crippen molar-refractivity contribution in [1.82, 2.24) is 20.1 Å². The van der Waals surface area contributed by atoms with Crippen LogP contribution in [0.1, 0.15) is 47.4 Å². The Morgan fingerprint density at radius 1 is 1.20 bits per heavy atom. The van der Waals surface area contributed by atoms with Gasteiger partial charge in [0, 0.05) is 33.3 Å². The molecule has 1 aliphatic rings. The van der Waals surface area contributed by atoms with Crippen LogP contribution < -0.4 is 20.5 Å². The van der Waals surface area contributed by atoms with Gasteiger partial charge in [-0.05, 0) is 56.2 Å². The summed E-state index contributed by atoms with van der Waals surface area (Å²) < 4.78 is 71.7. The highest BCUT2D eigenvalue weighted by atomic mass is 35.5. The number of carbonyl (C=O) groups excluding carboxylic acids is 2. The molecule has 238 valence electrons. The number of rotatable bonds is 11. The average molecular weight is 650 g/mol. The second-order valence-corrected chi connectivity index (χ2v) is 11.0. The zero-order valence-corrected chi connectivity index (χ0v) is 24.8. The van der Waals surface area contributed by atoms with E-state index >= 15 is 0 Å². The predicted molar refractivity (Wildman–Crippen MR) is 156 cm³/mol. The molecule has 1 atom stereocenters. The first-order chi connectivity index (χ1) is 21.2. The summed E-state index contributed by atoms with van der Waals surface area (Å²) in [4.78, 5) is 29.1. The van der Waals surface area contributed by atoms with Gasteiger partial charge in [-0.1, -0.05) is 11.6 Å². The minimum Gasteiger partial charge on any atom is -0.494 e. The van der Waals surface area contributed by atoms with Crippen LogP contribution >= 0.6 is 11.6 Å². The van der Waals surface area contributed by atoms with E-state index in [4.69, 9.17) is 26.8 Å². The minimum absolute atomic E-state index is 0.0328. The number of primary amides is 1. The van der Waals surface area contributed by atoms with Gasteiger partial charge in [0.2, 0.25) is 11.5 Å². The Balaban J connectivity index is 1.57. The van der Waals surface area contributed by atoms with E-state index < -0.39 is 53.8 Å². The highest BCUT2D eigenvalue weighted by molar-refractivity contribution is 6.30. The fourth-order valence-electron chi connectivity index (χ4n) is 4.86. The summed E-state index contributed by atoms with van der Waals surface area (Å²) in [6, 6.07) is 7.12. The molecule has 0 bridgehead atoms. The first-order valence-corrected chi connectivity index (χ1v) is 14.2. The number of halogens is 5. The van der Waals surface area contributed by atoms with Gasteiger partial charge in [-0.2, -0.15) is 18.3 Å². The summed E-state index contributed by atoms with van der Waals surface area (Å²) >= 11 is 6.04. The van der Waals surface area contributed by atoms with Gasteiger partial charge < -0.3 is 25.6 Å². The molecule has 0 radical (unpaired) electrons. The summed E-state index contributed by atoms with van der Waals surface area (Å²) in [7, 11) is 1.37. The van der Waals surface area contributed by atoms with Crippen molar-refractivity contribution in [2.75, 3.05) is 20.3 Å². The summed E-state index contributed by atoms with van der Waals surface area (Å²) in [5.41, 5.74) is -0.0566. The summed E-state index contributed by atoms with van der Waals surface area (Å²) in [5.74, 6) is -2.79. The van der Waals surface area contributed by atoms with Gasteiger partial charge >= 0.3 is 6.18 Å². The third-order valence-corrected chi connectivity index (χ3v) is 7.51. The number of alkyl halides is 3. The van der Waals surface area contributed by atoms with Crippen LogP contribution in [0.2, 0.25) is 5.02 Å². The van der Waals surface area contributed by atoms with Gasteiger partial charge in [0.1, 0.15) is 28.5 Å². The number of aromatic nitrogens is 3. The molecule has 2 heterocycles. The molecule has 0 aliphatic heterocycles. The molecule has 4 N–H and O–H groups in total. The number of amides is 2.